The van der Waals surface area contributed by atoms with E-state index in [0.717, 1.165) is 19.3 Å². The average molecular weight is 481 g/mol. The third-order valence-corrected chi connectivity index (χ3v) is 13.2. The SMILES string of the molecule is CC1=C[C@@]2(C[C@H]([C@H]3CC[C@@]4(C)[C@@H]5CC[C@H]6C(C)(C)C(=O)C=C[C@@]67C[C@@]57CC[C@]34C)[C@H](O)O2)OC1=O. The first-order chi connectivity index (χ1) is 16.3. The second-order valence-electron chi connectivity index (χ2n) is 14.4. The lowest BCUT2D eigenvalue weighted by atomic mass is 9.42. The van der Waals surface area contributed by atoms with Gasteiger partial charge in [0.25, 0.3) is 0 Å². The molecule has 1 N–H and O–H groups in total. The van der Waals surface area contributed by atoms with Crippen LogP contribution in [-0.2, 0) is 19.1 Å². The van der Waals surface area contributed by atoms with Gasteiger partial charge in [-0.15, -0.1) is 0 Å². The zero-order chi connectivity index (χ0) is 24.8. The van der Waals surface area contributed by atoms with Crippen LogP contribution in [0, 0.1) is 50.7 Å². The van der Waals surface area contributed by atoms with Crippen LogP contribution in [0.2, 0.25) is 0 Å². The highest BCUT2D eigenvalue weighted by Gasteiger charge is 2.82. The summed E-state index contributed by atoms with van der Waals surface area (Å²) in [5.74, 6) is 0.329. The van der Waals surface area contributed by atoms with E-state index in [0.29, 0.717) is 40.9 Å². The molecule has 2 aliphatic heterocycles. The Morgan fingerprint density at radius 3 is 2.43 bits per heavy atom. The Hall–Kier alpha value is -1.46. The Kier molecular flexibility index (Phi) is 4.10. The molecule has 10 atom stereocenters. The molecule has 0 aromatic carbocycles. The monoisotopic (exact) mass is 480 g/mol. The van der Waals surface area contributed by atoms with E-state index in [4.69, 9.17) is 9.47 Å². The van der Waals surface area contributed by atoms with Crippen molar-refractivity contribution in [3.05, 3.63) is 23.8 Å². The maximum absolute atomic E-state index is 12.8. The van der Waals surface area contributed by atoms with Crippen molar-refractivity contribution in [1.29, 1.82) is 0 Å². The van der Waals surface area contributed by atoms with Gasteiger partial charge in [0.15, 0.2) is 12.1 Å². The first-order valence-electron chi connectivity index (χ1n) is 13.9. The number of aliphatic hydroxyl groups is 1. The quantitative estimate of drug-likeness (QED) is 0.514. The molecule has 0 radical (unpaired) electrons. The summed E-state index contributed by atoms with van der Waals surface area (Å²) in [6.45, 7) is 11.2. The van der Waals surface area contributed by atoms with Gasteiger partial charge in [0.2, 0.25) is 5.79 Å². The lowest BCUT2D eigenvalue weighted by Gasteiger charge is -2.62. The number of hydrogen-bond donors (Lipinski definition) is 1. The molecule has 5 nitrogen and oxygen atoms in total. The van der Waals surface area contributed by atoms with Crippen molar-refractivity contribution in [1.82, 2.24) is 0 Å². The number of fused-ring (bicyclic) bond motifs is 2. The average Bonchev–Trinajstić information content (AvgIpc) is 3.08. The Balaban J connectivity index is 1.21. The molecule has 5 fully saturated rings. The maximum atomic E-state index is 12.8. The van der Waals surface area contributed by atoms with E-state index in [9.17, 15) is 14.7 Å². The number of hydrogen-bond acceptors (Lipinski definition) is 5. The molecular weight excluding hydrogens is 440 g/mol. The predicted molar refractivity (Wildman–Crippen MR) is 130 cm³/mol. The van der Waals surface area contributed by atoms with Crippen LogP contribution >= 0.6 is 0 Å². The summed E-state index contributed by atoms with van der Waals surface area (Å²) in [4.78, 5) is 24.9. The summed E-state index contributed by atoms with van der Waals surface area (Å²) in [6.07, 6.45) is 13.9. The number of carbonyl (C=O) groups is 2. The van der Waals surface area contributed by atoms with Crippen molar-refractivity contribution in [2.75, 3.05) is 0 Å². The van der Waals surface area contributed by atoms with E-state index in [1.54, 1.807) is 13.0 Å². The minimum absolute atomic E-state index is 0.0264. The van der Waals surface area contributed by atoms with Gasteiger partial charge < -0.3 is 14.6 Å². The highest BCUT2D eigenvalue weighted by Crippen LogP contribution is 2.88. The van der Waals surface area contributed by atoms with Crippen molar-refractivity contribution in [2.24, 2.45) is 50.7 Å². The van der Waals surface area contributed by atoms with Gasteiger partial charge in [-0.05, 0) is 103 Å². The summed E-state index contributed by atoms with van der Waals surface area (Å²) >= 11 is 0. The molecule has 0 aromatic heterocycles. The Bertz CT molecular complexity index is 1100. The zero-order valence-corrected chi connectivity index (χ0v) is 21.9. The van der Waals surface area contributed by atoms with Crippen LogP contribution in [0.25, 0.3) is 0 Å². The molecule has 3 spiro atoms. The number of aliphatic hydroxyl groups excluding tert-OH is 1. The van der Waals surface area contributed by atoms with Gasteiger partial charge >= 0.3 is 5.97 Å². The minimum Gasteiger partial charge on any atom is -0.426 e. The molecule has 5 heteroatoms. The molecule has 0 unspecified atom stereocenters. The largest absolute Gasteiger partial charge is 0.426 e. The van der Waals surface area contributed by atoms with E-state index in [1.165, 1.54) is 25.7 Å². The fraction of sp³-hybridized carbons (Fsp3) is 0.800. The third kappa shape index (κ3) is 2.40. The number of carbonyl (C=O) groups excluding carboxylic acids is 2. The highest BCUT2D eigenvalue weighted by molar-refractivity contribution is 5.96. The second kappa shape index (κ2) is 6.32. The molecule has 7 aliphatic rings. The smallest absolute Gasteiger partial charge is 0.336 e. The second-order valence-corrected chi connectivity index (χ2v) is 14.4. The molecule has 2 heterocycles. The zero-order valence-electron chi connectivity index (χ0n) is 21.9. The van der Waals surface area contributed by atoms with Crippen LogP contribution in [-0.4, -0.2) is 28.9 Å². The molecule has 4 saturated carbocycles. The molecular formula is C30H40O5. The Morgan fingerprint density at radius 2 is 1.71 bits per heavy atom. The van der Waals surface area contributed by atoms with Crippen LogP contribution in [0.3, 0.4) is 0 Å². The minimum atomic E-state index is -1.08. The highest BCUT2D eigenvalue weighted by atomic mass is 16.8. The molecule has 0 amide bonds. The number of allylic oxidation sites excluding steroid dienone is 2. The van der Waals surface area contributed by atoms with Crippen molar-refractivity contribution in [2.45, 2.75) is 98.1 Å². The third-order valence-electron chi connectivity index (χ3n) is 13.2. The lowest BCUT2D eigenvalue weighted by molar-refractivity contribution is -0.226. The molecule has 0 aromatic rings. The van der Waals surface area contributed by atoms with Crippen LogP contribution in [0.15, 0.2) is 23.8 Å². The van der Waals surface area contributed by atoms with Crippen LogP contribution in [0.4, 0.5) is 0 Å². The molecule has 7 rings (SSSR count). The molecule has 5 aliphatic carbocycles. The van der Waals surface area contributed by atoms with Crippen LogP contribution in [0.1, 0.15) is 86.0 Å². The van der Waals surface area contributed by atoms with E-state index in [1.807, 2.05) is 6.08 Å². The predicted octanol–water partition coefficient (Wildman–Crippen LogP) is 5.32. The van der Waals surface area contributed by atoms with E-state index in [2.05, 4.69) is 33.8 Å². The van der Waals surface area contributed by atoms with E-state index < -0.39 is 12.1 Å². The van der Waals surface area contributed by atoms with Gasteiger partial charge in [0.1, 0.15) is 0 Å². The standard InChI is InChI=1S/C30H40O5/c1-17-14-30(34-23(17)32)15-18(24(33)35-30)19-8-10-27(5)21-7-6-20-25(2,3)22(31)9-11-28(20)16-29(21,28)13-12-26(19,27)4/h9,11,14,18-21,24,33H,6-8,10,12-13,15-16H2,1-5H3/t18-,19-,20+,21+,24-,26-,27+,28-,29+,30-/m1/s1. The number of ketones is 1. The Morgan fingerprint density at radius 1 is 0.971 bits per heavy atom. The topological polar surface area (TPSA) is 72.8 Å². The van der Waals surface area contributed by atoms with Crippen molar-refractivity contribution < 1.29 is 24.2 Å². The molecule has 190 valence electrons. The summed E-state index contributed by atoms with van der Waals surface area (Å²) < 4.78 is 11.6. The van der Waals surface area contributed by atoms with Crippen LogP contribution < -0.4 is 0 Å². The van der Waals surface area contributed by atoms with Crippen molar-refractivity contribution >= 4 is 11.8 Å². The summed E-state index contributed by atoms with van der Waals surface area (Å²) in [7, 11) is 0. The summed E-state index contributed by atoms with van der Waals surface area (Å²) in [6, 6.07) is 0. The summed E-state index contributed by atoms with van der Waals surface area (Å²) in [5.41, 5.74) is 1.17. The van der Waals surface area contributed by atoms with Crippen molar-refractivity contribution in [3.63, 3.8) is 0 Å². The van der Waals surface area contributed by atoms with Gasteiger partial charge in [0, 0.05) is 23.3 Å². The molecule has 0 bridgehead atoms. The number of esters is 1. The lowest BCUT2D eigenvalue weighted by Crippen LogP contribution is -2.56. The molecule has 35 heavy (non-hydrogen) atoms. The summed E-state index contributed by atoms with van der Waals surface area (Å²) in [5, 5.41) is 11.1. The Labute approximate surface area is 208 Å². The van der Waals surface area contributed by atoms with Gasteiger partial charge in [-0.3, -0.25) is 4.79 Å². The number of ether oxygens (including phenoxy) is 2. The van der Waals surface area contributed by atoms with Gasteiger partial charge in [-0.2, -0.15) is 0 Å². The first kappa shape index (κ1) is 22.7. The number of rotatable bonds is 1. The molecule has 1 saturated heterocycles. The van der Waals surface area contributed by atoms with Gasteiger partial charge in [0.05, 0.1) is 0 Å². The van der Waals surface area contributed by atoms with Gasteiger partial charge in [-0.25, -0.2) is 4.79 Å². The van der Waals surface area contributed by atoms with Gasteiger partial charge in [-0.1, -0.05) is 33.8 Å². The fourth-order valence-electron chi connectivity index (χ4n) is 11.3. The normalized spacial score (nSPS) is 57.3. The fourth-order valence-corrected chi connectivity index (χ4v) is 11.3. The van der Waals surface area contributed by atoms with E-state index >= 15 is 0 Å². The maximum Gasteiger partial charge on any atom is 0.336 e. The first-order valence-corrected chi connectivity index (χ1v) is 13.9. The van der Waals surface area contributed by atoms with E-state index in [-0.39, 0.29) is 33.5 Å². The van der Waals surface area contributed by atoms with Crippen molar-refractivity contribution in [3.8, 4) is 0 Å². The van der Waals surface area contributed by atoms with Crippen LogP contribution in [0.5, 0.6) is 0 Å².